The van der Waals surface area contributed by atoms with E-state index in [2.05, 4.69) is 12.2 Å². The summed E-state index contributed by atoms with van der Waals surface area (Å²) in [5.74, 6) is 0.613. The molecule has 0 aliphatic heterocycles. The zero-order chi connectivity index (χ0) is 11.5. The summed E-state index contributed by atoms with van der Waals surface area (Å²) in [7, 11) is 0. The van der Waals surface area contributed by atoms with E-state index in [1.165, 1.54) is 25.3 Å². The first-order valence-electron chi connectivity index (χ1n) is 6.19. The van der Waals surface area contributed by atoms with E-state index in [1.807, 2.05) is 19.1 Å². The maximum absolute atomic E-state index is 13.6. The van der Waals surface area contributed by atoms with Crippen LogP contribution in [0.25, 0.3) is 0 Å². The average Bonchev–Trinajstić information content (AvgIpc) is 2.65. The highest BCUT2D eigenvalue weighted by Crippen LogP contribution is 2.27. The molecule has 88 valence electrons. The van der Waals surface area contributed by atoms with Crippen molar-refractivity contribution in [3.63, 3.8) is 0 Å². The molecule has 1 saturated carbocycles. The molecule has 2 heteroatoms. The van der Waals surface area contributed by atoms with E-state index in [0.717, 1.165) is 5.56 Å². The summed E-state index contributed by atoms with van der Waals surface area (Å²) in [5.41, 5.74) is 0.779. The molecule has 1 N–H and O–H groups in total. The van der Waals surface area contributed by atoms with E-state index in [-0.39, 0.29) is 11.9 Å². The normalized spacial score (nSPS) is 26.9. The van der Waals surface area contributed by atoms with Crippen molar-refractivity contribution in [3.05, 3.63) is 35.6 Å². The highest BCUT2D eigenvalue weighted by molar-refractivity contribution is 5.20. The SMILES string of the molecule is CC1CCCC1N[C@H](C)c1ccccc1F. The summed E-state index contributed by atoms with van der Waals surface area (Å²) in [6.45, 7) is 4.32. The lowest BCUT2D eigenvalue weighted by Gasteiger charge is -2.23. The van der Waals surface area contributed by atoms with E-state index in [0.29, 0.717) is 12.0 Å². The molecule has 0 saturated heterocycles. The number of hydrogen-bond acceptors (Lipinski definition) is 1. The van der Waals surface area contributed by atoms with Crippen LogP contribution in [0.5, 0.6) is 0 Å². The van der Waals surface area contributed by atoms with E-state index in [1.54, 1.807) is 6.07 Å². The minimum Gasteiger partial charge on any atom is -0.307 e. The van der Waals surface area contributed by atoms with Gasteiger partial charge < -0.3 is 5.32 Å². The molecule has 2 unspecified atom stereocenters. The van der Waals surface area contributed by atoms with Gasteiger partial charge in [0.1, 0.15) is 5.82 Å². The lowest BCUT2D eigenvalue weighted by molar-refractivity contribution is 0.382. The molecule has 1 aliphatic rings. The molecule has 3 atom stereocenters. The second kappa shape index (κ2) is 4.96. The van der Waals surface area contributed by atoms with Crippen molar-refractivity contribution in [2.24, 2.45) is 5.92 Å². The van der Waals surface area contributed by atoms with E-state index in [4.69, 9.17) is 0 Å². The zero-order valence-corrected chi connectivity index (χ0v) is 10.0. The molecule has 0 amide bonds. The van der Waals surface area contributed by atoms with Gasteiger partial charge in [-0.1, -0.05) is 31.5 Å². The molecule has 1 aliphatic carbocycles. The third-order valence-electron chi connectivity index (χ3n) is 3.70. The Labute approximate surface area is 97.1 Å². The fourth-order valence-corrected chi connectivity index (χ4v) is 2.63. The van der Waals surface area contributed by atoms with Crippen molar-refractivity contribution < 1.29 is 4.39 Å². The molecule has 0 heterocycles. The van der Waals surface area contributed by atoms with E-state index in [9.17, 15) is 4.39 Å². The Morgan fingerprint density at radius 1 is 1.31 bits per heavy atom. The third kappa shape index (κ3) is 2.43. The molecule has 2 rings (SSSR count). The quantitative estimate of drug-likeness (QED) is 0.821. The Morgan fingerprint density at radius 3 is 2.69 bits per heavy atom. The molecule has 1 nitrogen and oxygen atoms in total. The highest BCUT2D eigenvalue weighted by atomic mass is 19.1. The molecule has 1 fully saturated rings. The number of nitrogens with one attached hydrogen (secondary N) is 1. The number of halogens is 1. The summed E-state index contributed by atoms with van der Waals surface area (Å²) >= 11 is 0. The summed E-state index contributed by atoms with van der Waals surface area (Å²) in [6, 6.07) is 7.69. The van der Waals surface area contributed by atoms with Crippen molar-refractivity contribution >= 4 is 0 Å². The lowest BCUT2D eigenvalue weighted by atomic mass is 10.0. The topological polar surface area (TPSA) is 12.0 Å². The van der Waals surface area contributed by atoms with Crippen molar-refractivity contribution in [1.82, 2.24) is 5.32 Å². The predicted octanol–water partition coefficient (Wildman–Crippen LogP) is 3.66. The fraction of sp³-hybridized carbons (Fsp3) is 0.571. The lowest BCUT2D eigenvalue weighted by Crippen LogP contribution is -2.33. The van der Waals surface area contributed by atoms with Gasteiger partial charge in [-0.25, -0.2) is 4.39 Å². The summed E-state index contributed by atoms with van der Waals surface area (Å²) in [6.07, 6.45) is 3.81. The standard InChI is InChI=1S/C14H20FN/c1-10-6-5-9-14(10)16-11(2)12-7-3-4-8-13(12)15/h3-4,7-8,10-11,14,16H,5-6,9H2,1-2H3/t10?,11-,14?/m1/s1. The Balaban J connectivity index is 2.03. The van der Waals surface area contributed by atoms with Crippen LogP contribution in [0.4, 0.5) is 4.39 Å². The second-order valence-corrected chi connectivity index (χ2v) is 4.92. The number of benzene rings is 1. The Bertz CT molecular complexity index is 350. The van der Waals surface area contributed by atoms with Gasteiger partial charge in [0, 0.05) is 17.6 Å². The molecule has 1 aromatic rings. The highest BCUT2D eigenvalue weighted by Gasteiger charge is 2.25. The van der Waals surface area contributed by atoms with Crippen LogP contribution in [0, 0.1) is 11.7 Å². The van der Waals surface area contributed by atoms with Gasteiger partial charge >= 0.3 is 0 Å². The van der Waals surface area contributed by atoms with E-state index < -0.39 is 0 Å². The van der Waals surface area contributed by atoms with Crippen LogP contribution in [0.3, 0.4) is 0 Å². The summed E-state index contributed by atoms with van der Waals surface area (Å²) < 4.78 is 13.6. The third-order valence-corrected chi connectivity index (χ3v) is 3.70. The summed E-state index contributed by atoms with van der Waals surface area (Å²) in [4.78, 5) is 0. The van der Waals surface area contributed by atoms with Gasteiger partial charge in [0.15, 0.2) is 0 Å². The molecule has 0 aromatic heterocycles. The Hall–Kier alpha value is -0.890. The molecule has 0 spiro atoms. The van der Waals surface area contributed by atoms with Gasteiger partial charge in [-0.05, 0) is 31.7 Å². The molecule has 0 radical (unpaired) electrons. The van der Waals surface area contributed by atoms with Gasteiger partial charge in [-0.15, -0.1) is 0 Å². The minimum absolute atomic E-state index is 0.103. The zero-order valence-electron chi connectivity index (χ0n) is 10.0. The van der Waals surface area contributed by atoms with Crippen molar-refractivity contribution in [1.29, 1.82) is 0 Å². The van der Waals surface area contributed by atoms with E-state index >= 15 is 0 Å². The van der Waals surface area contributed by atoms with Gasteiger partial charge in [-0.3, -0.25) is 0 Å². The summed E-state index contributed by atoms with van der Waals surface area (Å²) in [5, 5.41) is 3.55. The smallest absolute Gasteiger partial charge is 0.127 e. The van der Waals surface area contributed by atoms with Crippen LogP contribution in [-0.2, 0) is 0 Å². The van der Waals surface area contributed by atoms with Crippen LogP contribution in [0.2, 0.25) is 0 Å². The van der Waals surface area contributed by atoms with Gasteiger partial charge in [0.2, 0.25) is 0 Å². The first-order chi connectivity index (χ1) is 7.68. The first kappa shape index (κ1) is 11.6. The monoisotopic (exact) mass is 221 g/mol. The number of rotatable bonds is 3. The Kier molecular flexibility index (Phi) is 3.59. The van der Waals surface area contributed by atoms with Crippen molar-refractivity contribution in [2.45, 2.75) is 45.2 Å². The van der Waals surface area contributed by atoms with Gasteiger partial charge in [0.05, 0.1) is 0 Å². The van der Waals surface area contributed by atoms with Crippen molar-refractivity contribution in [3.8, 4) is 0 Å². The molecule has 16 heavy (non-hydrogen) atoms. The van der Waals surface area contributed by atoms with Crippen LogP contribution in [-0.4, -0.2) is 6.04 Å². The Morgan fingerprint density at radius 2 is 2.06 bits per heavy atom. The van der Waals surface area contributed by atoms with Crippen LogP contribution < -0.4 is 5.32 Å². The maximum Gasteiger partial charge on any atom is 0.127 e. The van der Waals surface area contributed by atoms with Crippen LogP contribution in [0.1, 0.15) is 44.7 Å². The number of hydrogen-bond donors (Lipinski definition) is 1. The molecular formula is C14H20FN. The fourth-order valence-electron chi connectivity index (χ4n) is 2.63. The van der Waals surface area contributed by atoms with Crippen molar-refractivity contribution in [2.75, 3.05) is 0 Å². The largest absolute Gasteiger partial charge is 0.307 e. The predicted molar refractivity (Wildman–Crippen MR) is 64.8 cm³/mol. The average molecular weight is 221 g/mol. The van der Waals surface area contributed by atoms with Crippen LogP contribution in [0.15, 0.2) is 24.3 Å². The molecule has 1 aromatic carbocycles. The molecular weight excluding hydrogens is 201 g/mol. The molecule has 0 bridgehead atoms. The van der Waals surface area contributed by atoms with Gasteiger partial charge in [-0.2, -0.15) is 0 Å². The van der Waals surface area contributed by atoms with Gasteiger partial charge in [0.25, 0.3) is 0 Å². The minimum atomic E-state index is -0.104. The van der Waals surface area contributed by atoms with Crippen LogP contribution >= 0.6 is 0 Å². The maximum atomic E-state index is 13.6. The second-order valence-electron chi connectivity index (χ2n) is 4.92. The first-order valence-corrected chi connectivity index (χ1v) is 6.19.